The van der Waals surface area contributed by atoms with Crippen LogP contribution in [0.1, 0.15) is 23.2 Å². The SMILES string of the molecule is NC(=O)c1ccc(NS(=O)(=O)CCO)cc1N1CCC(=C(F)F)CC1. The molecule has 1 saturated heterocycles. The van der Waals surface area contributed by atoms with Crippen LogP contribution in [0.15, 0.2) is 29.9 Å². The fourth-order valence-corrected chi connectivity index (χ4v) is 3.45. The number of primary amides is 1. The molecular formula is C15H19F2N3O4S. The van der Waals surface area contributed by atoms with E-state index in [0.29, 0.717) is 5.69 Å². The number of anilines is 2. The normalized spacial score (nSPS) is 15.2. The van der Waals surface area contributed by atoms with Crippen LogP contribution in [0.4, 0.5) is 20.2 Å². The fourth-order valence-electron chi connectivity index (χ4n) is 2.62. The Morgan fingerprint density at radius 1 is 1.28 bits per heavy atom. The molecule has 0 aliphatic carbocycles. The first-order valence-electron chi connectivity index (χ1n) is 7.56. The lowest BCUT2D eigenvalue weighted by atomic mass is 10.0. The van der Waals surface area contributed by atoms with Gasteiger partial charge in [-0.3, -0.25) is 9.52 Å². The Hall–Kier alpha value is -2.20. The number of rotatable bonds is 6. The zero-order valence-electron chi connectivity index (χ0n) is 13.3. The van der Waals surface area contributed by atoms with Gasteiger partial charge in [0.05, 0.1) is 29.3 Å². The summed E-state index contributed by atoms with van der Waals surface area (Å²) < 4.78 is 51.2. The van der Waals surface area contributed by atoms with E-state index in [0.717, 1.165) is 0 Å². The number of hydrogen-bond donors (Lipinski definition) is 3. The van der Waals surface area contributed by atoms with Crippen LogP contribution in [-0.4, -0.2) is 44.9 Å². The number of benzene rings is 1. The van der Waals surface area contributed by atoms with Gasteiger partial charge in [-0.25, -0.2) is 8.42 Å². The van der Waals surface area contributed by atoms with Crippen molar-refractivity contribution >= 4 is 27.3 Å². The van der Waals surface area contributed by atoms with Crippen molar-refractivity contribution in [2.75, 3.05) is 35.1 Å². The largest absolute Gasteiger partial charge is 0.395 e. The van der Waals surface area contributed by atoms with Crippen molar-refractivity contribution in [3.05, 3.63) is 35.4 Å². The molecule has 0 radical (unpaired) electrons. The second-order valence-electron chi connectivity index (χ2n) is 5.59. The van der Waals surface area contributed by atoms with Gasteiger partial charge in [0, 0.05) is 13.1 Å². The Morgan fingerprint density at radius 3 is 2.44 bits per heavy atom. The Bertz CT molecular complexity index is 782. The number of hydrogen-bond acceptors (Lipinski definition) is 5. The molecule has 10 heteroatoms. The Morgan fingerprint density at radius 2 is 1.92 bits per heavy atom. The summed E-state index contributed by atoms with van der Waals surface area (Å²) in [5, 5.41) is 8.77. The number of nitrogens with one attached hydrogen (secondary N) is 1. The van der Waals surface area contributed by atoms with Crippen LogP contribution < -0.4 is 15.4 Å². The van der Waals surface area contributed by atoms with E-state index in [-0.39, 0.29) is 42.8 Å². The number of sulfonamides is 1. The van der Waals surface area contributed by atoms with Gasteiger partial charge in [0.15, 0.2) is 0 Å². The van der Waals surface area contributed by atoms with Crippen molar-refractivity contribution in [2.45, 2.75) is 12.8 Å². The summed E-state index contributed by atoms with van der Waals surface area (Å²) in [6, 6.07) is 4.21. The molecule has 4 N–H and O–H groups in total. The minimum absolute atomic E-state index is 0.0803. The van der Waals surface area contributed by atoms with Crippen LogP contribution in [0.25, 0.3) is 0 Å². The number of nitrogens with zero attached hydrogens (tertiary/aromatic N) is 1. The van der Waals surface area contributed by atoms with Crippen molar-refractivity contribution in [3.63, 3.8) is 0 Å². The second-order valence-corrected chi connectivity index (χ2v) is 7.43. The zero-order valence-corrected chi connectivity index (χ0v) is 14.2. The molecule has 1 aliphatic heterocycles. The fraction of sp³-hybridized carbons (Fsp3) is 0.400. The van der Waals surface area contributed by atoms with Gasteiger partial charge < -0.3 is 15.7 Å². The van der Waals surface area contributed by atoms with Gasteiger partial charge in [-0.05, 0) is 36.6 Å². The lowest BCUT2D eigenvalue weighted by Gasteiger charge is -2.31. The highest BCUT2D eigenvalue weighted by Gasteiger charge is 2.22. The molecular weight excluding hydrogens is 356 g/mol. The highest BCUT2D eigenvalue weighted by Crippen LogP contribution is 2.30. The summed E-state index contributed by atoms with van der Waals surface area (Å²) in [6.07, 6.45) is -1.37. The molecule has 138 valence electrons. The van der Waals surface area contributed by atoms with Crippen LogP contribution in [0, 0.1) is 0 Å². The monoisotopic (exact) mass is 375 g/mol. The molecule has 0 unspecified atom stereocenters. The average Bonchev–Trinajstić information content (AvgIpc) is 2.54. The van der Waals surface area contributed by atoms with Gasteiger partial charge in [-0.1, -0.05) is 0 Å². The van der Waals surface area contributed by atoms with E-state index >= 15 is 0 Å². The number of halogens is 2. The number of piperidine rings is 1. The van der Waals surface area contributed by atoms with Gasteiger partial charge in [-0.2, -0.15) is 8.78 Å². The molecule has 1 fully saturated rings. The molecule has 1 aromatic carbocycles. The van der Waals surface area contributed by atoms with E-state index in [9.17, 15) is 22.0 Å². The highest BCUT2D eigenvalue weighted by atomic mass is 32.2. The Labute approximate surface area is 144 Å². The van der Waals surface area contributed by atoms with E-state index in [4.69, 9.17) is 10.8 Å². The van der Waals surface area contributed by atoms with E-state index in [1.54, 1.807) is 4.90 Å². The minimum Gasteiger partial charge on any atom is -0.395 e. The molecule has 25 heavy (non-hydrogen) atoms. The van der Waals surface area contributed by atoms with E-state index in [1.165, 1.54) is 18.2 Å². The van der Waals surface area contributed by atoms with Crippen molar-refractivity contribution in [2.24, 2.45) is 5.73 Å². The quantitative estimate of drug-likeness (QED) is 0.693. The molecule has 1 heterocycles. The number of nitrogens with two attached hydrogens (primary N) is 1. The first-order chi connectivity index (χ1) is 11.7. The predicted octanol–water partition coefficient (Wildman–Crippen LogP) is 1.27. The summed E-state index contributed by atoms with van der Waals surface area (Å²) in [5.74, 6) is -1.16. The molecule has 0 saturated carbocycles. The average molecular weight is 375 g/mol. The van der Waals surface area contributed by atoms with Crippen LogP contribution in [-0.2, 0) is 10.0 Å². The standard InChI is InChI=1S/C15H19F2N3O4S/c16-14(17)10-3-5-20(6-4-10)13-9-11(1-2-12(13)15(18)22)19-25(23,24)8-7-21/h1-2,9,19,21H,3-8H2,(H2,18,22). The maximum Gasteiger partial charge on any atom is 0.269 e. The van der Waals surface area contributed by atoms with Crippen LogP contribution in [0.5, 0.6) is 0 Å². The van der Waals surface area contributed by atoms with Gasteiger partial charge in [0.25, 0.3) is 12.0 Å². The molecule has 1 amide bonds. The lowest BCUT2D eigenvalue weighted by molar-refractivity contribution is 0.100. The van der Waals surface area contributed by atoms with Crippen molar-refractivity contribution in [3.8, 4) is 0 Å². The zero-order chi connectivity index (χ0) is 18.6. The molecule has 1 aliphatic rings. The predicted molar refractivity (Wildman–Crippen MR) is 90.1 cm³/mol. The molecule has 0 aromatic heterocycles. The minimum atomic E-state index is -3.73. The van der Waals surface area contributed by atoms with Crippen LogP contribution in [0.3, 0.4) is 0 Å². The molecule has 0 atom stereocenters. The first-order valence-corrected chi connectivity index (χ1v) is 9.22. The molecule has 0 bridgehead atoms. The number of amides is 1. The number of carbonyl (C=O) groups is 1. The molecule has 0 spiro atoms. The summed E-state index contributed by atoms with van der Waals surface area (Å²) in [4.78, 5) is 13.3. The van der Waals surface area contributed by atoms with Crippen LogP contribution in [0.2, 0.25) is 0 Å². The van der Waals surface area contributed by atoms with Gasteiger partial charge in [-0.15, -0.1) is 0 Å². The first kappa shape index (κ1) is 19.1. The number of aliphatic hydroxyl groups excluding tert-OH is 1. The van der Waals surface area contributed by atoms with Gasteiger partial charge >= 0.3 is 0 Å². The Kier molecular flexibility index (Phi) is 5.96. The summed E-state index contributed by atoms with van der Waals surface area (Å²) in [6.45, 7) is -0.00279. The maximum atomic E-state index is 12.7. The van der Waals surface area contributed by atoms with Crippen molar-refractivity contribution in [1.82, 2.24) is 0 Å². The summed E-state index contributed by atoms with van der Waals surface area (Å²) in [7, 11) is -3.73. The third-order valence-corrected chi connectivity index (χ3v) is 5.14. The third kappa shape index (κ3) is 4.89. The van der Waals surface area contributed by atoms with E-state index < -0.39 is 34.4 Å². The van der Waals surface area contributed by atoms with Crippen LogP contribution >= 0.6 is 0 Å². The van der Waals surface area contributed by atoms with E-state index in [2.05, 4.69) is 4.72 Å². The smallest absolute Gasteiger partial charge is 0.269 e. The molecule has 2 rings (SSSR count). The number of carbonyl (C=O) groups excluding carboxylic acids is 1. The maximum absolute atomic E-state index is 12.7. The third-order valence-electron chi connectivity index (χ3n) is 3.87. The van der Waals surface area contributed by atoms with Crippen molar-refractivity contribution in [1.29, 1.82) is 0 Å². The highest BCUT2D eigenvalue weighted by molar-refractivity contribution is 7.92. The van der Waals surface area contributed by atoms with Gasteiger partial charge in [0.1, 0.15) is 0 Å². The lowest BCUT2D eigenvalue weighted by Crippen LogP contribution is -2.33. The number of aliphatic hydroxyl groups is 1. The molecule has 7 nitrogen and oxygen atoms in total. The van der Waals surface area contributed by atoms with E-state index in [1.807, 2.05) is 0 Å². The Balaban J connectivity index is 2.30. The summed E-state index contributed by atoms with van der Waals surface area (Å²) in [5.41, 5.74) is 6.20. The molecule has 1 aromatic rings. The van der Waals surface area contributed by atoms with Gasteiger partial charge in [0.2, 0.25) is 10.0 Å². The summed E-state index contributed by atoms with van der Waals surface area (Å²) >= 11 is 0. The topological polar surface area (TPSA) is 113 Å². The van der Waals surface area contributed by atoms with Crippen molar-refractivity contribution < 1.29 is 27.1 Å². The second kappa shape index (κ2) is 7.79.